The number of aromatic amines is 2. The SMILES string of the molecule is Cc1cc(C[C@@H](NC(=O)N2CCC(c3cc4c([nH]c3=O)SCCC4)CC2)C(=O)N2CC3CC2CC3N2CCCCC2)cc2cn[nH]c12. The van der Waals surface area contributed by atoms with Gasteiger partial charge in [-0.1, -0.05) is 12.5 Å². The van der Waals surface area contributed by atoms with Gasteiger partial charge in [0.2, 0.25) is 5.91 Å². The highest BCUT2D eigenvalue weighted by atomic mass is 32.2. The summed E-state index contributed by atoms with van der Waals surface area (Å²) in [5.74, 6) is 1.75. The number of carbonyl (C=O) groups is 2. The summed E-state index contributed by atoms with van der Waals surface area (Å²) in [6.07, 6.45) is 11.9. The third-order valence-electron chi connectivity index (χ3n) is 11.7. The van der Waals surface area contributed by atoms with Gasteiger partial charge in [0.05, 0.1) is 16.7 Å². The van der Waals surface area contributed by atoms with Gasteiger partial charge in [-0.15, -0.1) is 11.8 Å². The number of thioether (sulfide) groups is 1. The summed E-state index contributed by atoms with van der Waals surface area (Å²) in [6, 6.07) is 6.32. The quantitative estimate of drug-likeness (QED) is 0.358. The van der Waals surface area contributed by atoms with Crippen LogP contribution in [-0.2, 0) is 17.6 Å². The summed E-state index contributed by atoms with van der Waals surface area (Å²) in [7, 11) is 0. The van der Waals surface area contributed by atoms with Crippen LogP contribution in [0.15, 0.2) is 34.2 Å². The summed E-state index contributed by atoms with van der Waals surface area (Å²) in [5, 5.41) is 12.5. The molecular weight excluding hydrogens is 611 g/mol. The zero-order valence-electron chi connectivity index (χ0n) is 27.4. The summed E-state index contributed by atoms with van der Waals surface area (Å²) >= 11 is 1.74. The number of piperidine rings is 3. The second-order valence-corrected chi connectivity index (χ2v) is 15.7. The molecule has 1 saturated carbocycles. The van der Waals surface area contributed by atoms with Crippen LogP contribution in [0.1, 0.15) is 79.5 Å². The number of aromatic nitrogens is 3. The van der Waals surface area contributed by atoms with Crippen molar-refractivity contribution in [1.82, 2.24) is 35.2 Å². The minimum Gasteiger partial charge on any atom is -0.338 e. The average Bonchev–Trinajstić information content (AvgIpc) is 3.85. The Labute approximate surface area is 280 Å². The molecule has 47 heavy (non-hydrogen) atoms. The summed E-state index contributed by atoms with van der Waals surface area (Å²) in [6.45, 7) is 6.34. The Morgan fingerprint density at radius 3 is 2.68 bits per heavy atom. The Morgan fingerprint density at radius 1 is 1.06 bits per heavy atom. The van der Waals surface area contributed by atoms with Crippen molar-refractivity contribution < 1.29 is 9.59 Å². The lowest BCUT2D eigenvalue weighted by Gasteiger charge is -2.41. The fourth-order valence-corrected chi connectivity index (χ4v) is 10.2. The van der Waals surface area contributed by atoms with E-state index in [-0.39, 0.29) is 29.5 Å². The fraction of sp³-hybridized carbons (Fsp3) is 0.611. The van der Waals surface area contributed by atoms with Crippen molar-refractivity contribution in [2.24, 2.45) is 5.92 Å². The van der Waals surface area contributed by atoms with E-state index in [0.717, 1.165) is 83.4 Å². The van der Waals surface area contributed by atoms with Gasteiger partial charge in [-0.2, -0.15) is 5.10 Å². The van der Waals surface area contributed by atoms with E-state index >= 15 is 0 Å². The third kappa shape index (κ3) is 6.09. The van der Waals surface area contributed by atoms with Gasteiger partial charge in [-0.3, -0.25) is 19.6 Å². The van der Waals surface area contributed by atoms with Crippen LogP contribution in [0.2, 0.25) is 0 Å². The molecule has 10 nitrogen and oxygen atoms in total. The first-order chi connectivity index (χ1) is 22.9. The van der Waals surface area contributed by atoms with Crippen LogP contribution in [0.4, 0.5) is 4.79 Å². The molecule has 4 aliphatic heterocycles. The number of rotatable bonds is 6. The molecule has 0 spiro atoms. The first-order valence-corrected chi connectivity index (χ1v) is 18.8. The average molecular weight is 658 g/mol. The van der Waals surface area contributed by atoms with E-state index < -0.39 is 6.04 Å². The molecule has 3 unspecified atom stereocenters. The molecule has 1 aromatic carbocycles. The highest BCUT2D eigenvalue weighted by molar-refractivity contribution is 7.99. The molecule has 4 atom stereocenters. The lowest BCUT2D eigenvalue weighted by Crippen LogP contribution is -2.57. The normalized spacial score (nSPS) is 25.7. The number of nitrogens with zero attached hydrogens (tertiary/aromatic N) is 4. The van der Waals surface area contributed by atoms with Crippen LogP contribution in [0.3, 0.4) is 0 Å². The molecule has 2 bridgehead atoms. The molecule has 8 rings (SSSR count). The van der Waals surface area contributed by atoms with Gasteiger partial charge in [0.25, 0.3) is 5.56 Å². The minimum atomic E-state index is -0.641. The lowest BCUT2D eigenvalue weighted by atomic mass is 9.89. The topological polar surface area (TPSA) is 117 Å². The summed E-state index contributed by atoms with van der Waals surface area (Å²) < 4.78 is 0. The van der Waals surface area contributed by atoms with Crippen molar-refractivity contribution in [2.75, 3.05) is 38.5 Å². The highest BCUT2D eigenvalue weighted by Crippen LogP contribution is 2.42. The molecule has 6 heterocycles. The van der Waals surface area contributed by atoms with E-state index in [1.807, 2.05) is 11.1 Å². The number of likely N-dealkylation sites (tertiary alicyclic amines) is 3. The standard InChI is InChI=1S/C36H47N7O3S/c1-22-14-23(15-26-20-37-40-32(22)26)16-30(35(45)43-21-27-17-28(43)19-31(27)41-9-3-2-4-10-41)38-36(46)42-11-7-24(8-12-42)29-18-25-6-5-13-47-34(25)39-33(29)44/h14-15,18,20,24,27-28,30-31H,2-13,16-17,19,21H2,1H3,(H,37,40)(H,38,46)(H,39,44)/t27?,28?,30-,31?/m1/s1. The number of fused-ring (bicyclic) bond motifs is 4. The Hall–Kier alpha value is -3.31. The molecule has 1 aliphatic carbocycles. The number of aryl methyl sites for hydroxylation is 2. The van der Waals surface area contributed by atoms with Crippen molar-refractivity contribution >= 4 is 34.6 Å². The van der Waals surface area contributed by atoms with E-state index in [1.165, 1.54) is 37.9 Å². The highest BCUT2D eigenvalue weighted by Gasteiger charge is 2.49. The molecule has 0 radical (unpaired) electrons. The van der Waals surface area contributed by atoms with Gasteiger partial charge in [0.1, 0.15) is 6.04 Å². The Kier molecular flexibility index (Phi) is 8.54. The maximum absolute atomic E-state index is 14.4. The zero-order chi connectivity index (χ0) is 32.1. The van der Waals surface area contributed by atoms with E-state index in [9.17, 15) is 14.4 Å². The monoisotopic (exact) mass is 657 g/mol. The van der Waals surface area contributed by atoms with Gasteiger partial charge in [0.15, 0.2) is 0 Å². The smallest absolute Gasteiger partial charge is 0.318 e. The Balaban J connectivity index is 0.964. The van der Waals surface area contributed by atoms with Crippen LogP contribution in [0.5, 0.6) is 0 Å². The molecule has 5 aliphatic rings. The Morgan fingerprint density at radius 2 is 1.89 bits per heavy atom. The first-order valence-electron chi connectivity index (χ1n) is 17.8. The number of nitrogens with one attached hydrogen (secondary N) is 3. The van der Waals surface area contributed by atoms with Gasteiger partial charge < -0.3 is 20.1 Å². The number of benzene rings is 1. The van der Waals surface area contributed by atoms with Crippen LogP contribution in [0.25, 0.3) is 10.9 Å². The molecular formula is C36H47N7O3S. The van der Waals surface area contributed by atoms with Crippen molar-refractivity contribution in [1.29, 1.82) is 0 Å². The van der Waals surface area contributed by atoms with E-state index in [2.05, 4.69) is 55.4 Å². The van der Waals surface area contributed by atoms with E-state index in [0.29, 0.717) is 31.5 Å². The number of pyridine rings is 1. The van der Waals surface area contributed by atoms with Crippen molar-refractivity contribution in [3.05, 3.63) is 57.0 Å². The molecule has 4 fully saturated rings. The molecule has 3 aromatic rings. The molecule has 11 heteroatoms. The minimum absolute atomic E-state index is 0.0130. The van der Waals surface area contributed by atoms with E-state index in [1.54, 1.807) is 11.8 Å². The zero-order valence-corrected chi connectivity index (χ0v) is 28.2. The number of amides is 3. The molecule has 2 aromatic heterocycles. The maximum atomic E-state index is 14.4. The van der Waals surface area contributed by atoms with Gasteiger partial charge in [-0.05, 0) is 118 Å². The predicted octanol–water partition coefficient (Wildman–Crippen LogP) is 4.57. The second-order valence-electron chi connectivity index (χ2n) is 14.6. The second kappa shape index (κ2) is 13.0. The van der Waals surface area contributed by atoms with Crippen LogP contribution < -0.4 is 10.9 Å². The largest absolute Gasteiger partial charge is 0.338 e. The van der Waals surface area contributed by atoms with Gasteiger partial charge in [-0.25, -0.2) is 4.79 Å². The van der Waals surface area contributed by atoms with Gasteiger partial charge in [0, 0.05) is 49.1 Å². The van der Waals surface area contributed by atoms with E-state index in [4.69, 9.17) is 0 Å². The van der Waals surface area contributed by atoms with Crippen molar-refractivity contribution in [2.45, 2.75) is 100 Å². The third-order valence-corrected chi connectivity index (χ3v) is 12.8. The number of urea groups is 1. The molecule has 250 valence electrons. The van der Waals surface area contributed by atoms with Crippen molar-refractivity contribution in [3.8, 4) is 0 Å². The summed E-state index contributed by atoms with van der Waals surface area (Å²) in [4.78, 5) is 50.9. The van der Waals surface area contributed by atoms with Crippen LogP contribution in [-0.4, -0.2) is 98.4 Å². The molecule has 3 N–H and O–H groups in total. The van der Waals surface area contributed by atoms with Crippen molar-refractivity contribution in [3.63, 3.8) is 0 Å². The lowest BCUT2D eigenvalue weighted by molar-refractivity contribution is -0.135. The number of hydrogen-bond donors (Lipinski definition) is 3. The fourth-order valence-electron chi connectivity index (χ4n) is 9.22. The molecule has 3 amide bonds. The summed E-state index contributed by atoms with van der Waals surface area (Å²) in [5.41, 5.74) is 5.22. The number of carbonyl (C=O) groups excluding carboxylic acids is 2. The first kappa shape index (κ1) is 31.0. The van der Waals surface area contributed by atoms with Crippen LogP contribution >= 0.6 is 11.8 Å². The Bertz CT molecular complexity index is 1710. The molecule has 3 saturated heterocycles. The van der Waals surface area contributed by atoms with Crippen LogP contribution in [0, 0.1) is 12.8 Å². The number of H-pyrrole nitrogens is 2. The number of hydrogen-bond acceptors (Lipinski definition) is 6. The van der Waals surface area contributed by atoms with Gasteiger partial charge >= 0.3 is 6.03 Å². The maximum Gasteiger partial charge on any atom is 0.318 e. The predicted molar refractivity (Wildman–Crippen MR) is 184 cm³/mol.